The summed E-state index contributed by atoms with van der Waals surface area (Å²) in [4.78, 5) is 0. The third kappa shape index (κ3) is 3.84. The maximum absolute atomic E-state index is 6.41. The highest BCUT2D eigenvalue weighted by atomic mass is 35.5. The van der Waals surface area contributed by atoms with Gasteiger partial charge in [0.25, 0.3) is 0 Å². The van der Waals surface area contributed by atoms with Crippen molar-refractivity contribution in [3.8, 4) is 0 Å². The predicted octanol–water partition coefficient (Wildman–Crippen LogP) is 3.67. The van der Waals surface area contributed by atoms with Gasteiger partial charge in [0.05, 0.1) is 5.69 Å². The fourth-order valence-corrected chi connectivity index (χ4v) is 2.67. The Morgan fingerprint density at radius 3 is 2.75 bits per heavy atom. The van der Waals surface area contributed by atoms with Gasteiger partial charge in [-0.1, -0.05) is 30.7 Å². The van der Waals surface area contributed by atoms with Crippen molar-refractivity contribution in [1.29, 1.82) is 0 Å². The molecule has 1 unspecified atom stereocenters. The molecule has 4 heteroatoms. The number of benzene rings is 1. The minimum atomic E-state index is 0.206. The lowest BCUT2D eigenvalue weighted by molar-refractivity contribution is 0.521. The highest BCUT2D eigenvalue weighted by molar-refractivity contribution is 6.31. The van der Waals surface area contributed by atoms with Crippen molar-refractivity contribution in [3.63, 3.8) is 0 Å². The summed E-state index contributed by atoms with van der Waals surface area (Å²) in [5.41, 5.74) is 3.42. The third-order valence-electron chi connectivity index (χ3n) is 3.35. The van der Waals surface area contributed by atoms with Gasteiger partial charge in [0.2, 0.25) is 0 Å². The normalized spacial score (nSPS) is 12.6. The zero-order chi connectivity index (χ0) is 14.5. The minimum absolute atomic E-state index is 0.206. The van der Waals surface area contributed by atoms with Crippen LogP contribution in [-0.4, -0.2) is 16.3 Å². The van der Waals surface area contributed by atoms with E-state index < -0.39 is 0 Å². The van der Waals surface area contributed by atoms with Gasteiger partial charge in [0, 0.05) is 30.7 Å². The van der Waals surface area contributed by atoms with Crippen molar-refractivity contribution in [2.45, 2.75) is 32.7 Å². The first-order valence-corrected chi connectivity index (χ1v) is 7.46. The summed E-state index contributed by atoms with van der Waals surface area (Å²) >= 11 is 6.41. The van der Waals surface area contributed by atoms with Gasteiger partial charge in [0.1, 0.15) is 0 Å². The van der Waals surface area contributed by atoms with Crippen LogP contribution in [0.25, 0.3) is 0 Å². The van der Waals surface area contributed by atoms with Crippen LogP contribution in [0.4, 0.5) is 0 Å². The summed E-state index contributed by atoms with van der Waals surface area (Å²) in [5.74, 6) is 0. The van der Waals surface area contributed by atoms with E-state index in [0.29, 0.717) is 0 Å². The first-order valence-electron chi connectivity index (χ1n) is 7.08. The SMILES string of the molecule is CCCNC(Cc1ccn(C)n1)c1ccc(C)cc1Cl. The molecule has 108 valence electrons. The van der Waals surface area contributed by atoms with E-state index in [9.17, 15) is 0 Å². The largest absolute Gasteiger partial charge is 0.310 e. The van der Waals surface area contributed by atoms with Gasteiger partial charge < -0.3 is 5.32 Å². The molecule has 1 N–H and O–H groups in total. The summed E-state index contributed by atoms with van der Waals surface area (Å²) in [7, 11) is 1.94. The summed E-state index contributed by atoms with van der Waals surface area (Å²) in [5, 5.41) is 8.86. The van der Waals surface area contributed by atoms with Crippen molar-refractivity contribution < 1.29 is 0 Å². The number of aryl methyl sites for hydroxylation is 2. The zero-order valence-corrected chi connectivity index (χ0v) is 13.1. The van der Waals surface area contributed by atoms with E-state index >= 15 is 0 Å². The molecular formula is C16H22ClN3. The molecule has 1 aromatic heterocycles. The second-order valence-electron chi connectivity index (χ2n) is 5.22. The third-order valence-corrected chi connectivity index (χ3v) is 3.68. The maximum atomic E-state index is 6.41. The Hall–Kier alpha value is -1.32. The topological polar surface area (TPSA) is 29.9 Å². The molecular weight excluding hydrogens is 270 g/mol. The fourth-order valence-electron chi connectivity index (χ4n) is 2.31. The first kappa shape index (κ1) is 15.1. The molecule has 0 amide bonds. The Bertz CT molecular complexity index is 563. The lowest BCUT2D eigenvalue weighted by Crippen LogP contribution is -2.24. The number of aromatic nitrogens is 2. The highest BCUT2D eigenvalue weighted by Crippen LogP contribution is 2.26. The van der Waals surface area contributed by atoms with Crippen molar-refractivity contribution in [1.82, 2.24) is 15.1 Å². The second kappa shape index (κ2) is 6.91. The van der Waals surface area contributed by atoms with Gasteiger partial charge in [-0.05, 0) is 43.1 Å². The van der Waals surface area contributed by atoms with Crippen LogP contribution in [0.15, 0.2) is 30.5 Å². The predicted molar refractivity (Wildman–Crippen MR) is 84.1 cm³/mol. The molecule has 2 rings (SSSR count). The standard InChI is InChI=1S/C16H22ClN3/c1-4-8-18-16(11-13-7-9-20(3)19-13)14-6-5-12(2)10-15(14)17/h5-7,9-10,16,18H,4,8,11H2,1-3H3. The fraction of sp³-hybridized carbons (Fsp3) is 0.438. The van der Waals surface area contributed by atoms with Crippen LogP contribution < -0.4 is 5.32 Å². The summed E-state index contributed by atoms with van der Waals surface area (Å²) in [6.07, 6.45) is 3.93. The minimum Gasteiger partial charge on any atom is -0.310 e. The summed E-state index contributed by atoms with van der Waals surface area (Å²) in [6, 6.07) is 8.52. The van der Waals surface area contributed by atoms with Gasteiger partial charge >= 0.3 is 0 Å². The Kier molecular flexibility index (Phi) is 5.21. The Morgan fingerprint density at radius 2 is 2.15 bits per heavy atom. The summed E-state index contributed by atoms with van der Waals surface area (Å²) in [6.45, 7) is 5.20. The van der Waals surface area contributed by atoms with Gasteiger partial charge in [-0.3, -0.25) is 4.68 Å². The molecule has 3 nitrogen and oxygen atoms in total. The van der Waals surface area contributed by atoms with E-state index in [0.717, 1.165) is 35.7 Å². The molecule has 1 aromatic carbocycles. The molecule has 0 aliphatic heterocycles. The van der Waals surface area contributed by atoms with Crippen molar-refractivity contribution >= 4 is 11.6 Å². The van der Waals surface area contributed by atoms with Gasteiger partial charge in [-0.25, -0.2) is 0 Å². The van der Waals surface area contributed by atoms with E-state index in [1.54, 1.807) is 0 Å². The van der Waals surface area contributed by atoms with Crippen LogP contribution in [0.5, 0.6) is 0 Å². The van der Waals surface area contributed by atoms with E-state index in [4.69, 9.17) is 11.6 Å². The molecule has 0 saturated carbocycles. The molecule has 0 bridgehead atoms. The maximum Gasteiger partial charge on any atom is 0.0643 e. The van der Waals surface area contributed by atoms with Crippen molar-refractivity contribution in [3.05, 3.63) is 52.3 Å². The number of rotatable bonds is 6. The number of nitrogens with one attached hydrogen (secondary N) is 1. The first-order chi connectivity index (χ1) is 9.60. The van der Waals surface area contributed by atoms with Crippen LogP contribution >= 0.6 is 11.6 Å². The Morgan fingerprint density at radius 1 is 1.35 bits per heavy atom. The van der Waals surface area contributed by atoms with E-state index in [1.807, 2.05) is 24.0 Å². The van der Waals surface area contributed by atoms with Crippen molar-refractivity contribution in [2.24, 2.45) is 7.05 Å². The van der Waals surface area contributed by atoms with Crippen LogP contribution in [-0.2, 0) is 13.5 Å². The lowest BCUT2D eigenvalue weighted by atomic mass is 10.0. The van der Waals surface area contributed by atoms with Crippen LogP contribution in [0.3, 0.4) is 0 Å². The van der Waals surface area contributed by atoms with Crippen LogP contribution in [0.1, 0.15) is 36.2 Å². The number of nitrogens with zero attached hydrogens (tertiary/aromatic N) is 2. The molecule has 1 atom stereocenters. The number of hydrogen-bond acceptors (Lipinski definition) is 2. The molecule has 0 fully saturated rings. The molecule has 0 aliphatic rings. The Labute approximate surface area is 126 Å². The molecule has 1 heterocycles. The Balaban J connectivity index is 2.22. The number of halogens is 1. The molecule has 0 saturated heterocycles. The monoisotopic (exact) mass is 291 g/mol. The quantitative estimate of drug-likeness (QED) is 0.880. The van der Waals surface area contributed by atoms with E-state index in [1.165, 1.54) is 5.56 Å². The van der Waals surface area contributed by atoms with Gasteiger partial charge in [0.15, 0.2) is 0 Å². The highest BCUT2D eigenvalue weighted by Gasteiger charge is 2.16. The van der Waals surface area contributed by atoms with Crippen LogP contribution in [0, 0.1) is 6.92 Å². The van der Waals surface area contributed by atoms with E-state index in [2.05, 4.69) is 42.5 Å². The average Bonchev–Trinajstić information content (AvgIpc) is 2.80. The second-order valence-corrected chi connectivity index (χ2v) is 5.62. The van der Waals surface area contributed by atoms with Crippen LogP contribution in [0.2, 0.25) is 5.02 Å². The van der Waals surface area contributed by atoms with Gasteiger partial charge in [-0.2, -0.15) is 5.10 Å². The van der Waals surface area contributed by atoms with Gasteiger partial charge in [-0.15, -0.1) is 0 Å². The van der Waals surface area contributed by atoms with E-state index in [-0.39, 0.29) is 6.04 Å². The molecule has 20 heavy (non-hydrogen) atoms. The number of hydrogen-bond donors (Lipinski definition) is 1. The average molecular weight is 292 g/mol. The molecule has 0 radical (unpaired) electrons. The van der Waals surface area contributed by atoms with Crippen molar-refractivity contribution in [2.75, 3.05) is 6.54 Å². The smallest absolute Gasteiger partial charge is 0.0643 e. The molecule has 0 aliphatic carbocycles. The summed E-state index contributed by atoms with van der Waals surface area (Å²) < 4.78 is 1.84. The molecule has 2 aromatic rings. The molecule has 0 spiro atoms. The zero-order valence-electron chi connectivity index (χ0n) is 12.4. The lowest BCUT2D eigenvalue weighted by Gasteiger charge is -2.19.